The number of ether oxygens (including phenoxy) is 1. The molecular weight excluding hydrogens is 310 g/mol. The van der Waals surface area contributed by atoms with E-state index >= 15 is 0 Å². The summed E-state index contributed by atoms with van der Waals surface area (Å²) in [6.07, 6.45) is 6.53. The zero-order valence-electron chi connectivity index (χ0n) is 14.9. The fourth-order valence-corrected chi connectivity index (χ4v) is 3.70. The fourth-order valence-electron chi connectivity index (χ4n) is 3.70. The molecular formula is C22H27NO2. The van der Waals surface area contributed by atoms with Crippen LogP contribution in [0.15, 0.2) is 54.6 Å². The largest absolute Gasteiger partial charge is 0.462 e. The molecule has 1 aliphatic carbocycles. The zero-order chi connectivity index (χ0) is 17.5. The number of hydrogen-bond donors (Lipinski definition) is 1. The van der Waals surface area contributed by atoms with E-state index in [1.165, 1.54) is 37.7 Å². The van der Waals surface area contributed by atoms with Crippen LogP contribution in [0, 0.1) is 5.92 Å². The topological polar surface area (TPSA) is 38.3 Å². The van der Waals surface area contributed by atoms with Gasteiger partial charge in [0.25, 0.3) is 0 Å². The minimum Gasteiger partial charge on any atom is -0.462 e. The van der Waals surface area contributed by atoms with E-state index in [0.29, 0.717) is 24.1 Å². The molecule has 1 aliphatic rings. The van der Waals surface area contributed by atoms with Crippen LogP contribution in [-0.4, -0.2) is 12.6 Å². The molecule has 0 spiro atoms. The molecule has 3 nitrogen and oxygen atoms in total. The number of rotatable bonds is 6. The predicted molar refractivity (Wildman–Crippen MR) is 102 cm³/mol. The maximum atomic E-state index is 11.8. The van der Waals surface area contributed by atoms with Gasteiger partial charge < -0.3 is 10.1 Å². The summed E-state index contributed by atoms with van der Waals surface area (Å²) in [5.41, 5.74) is 2.98. The van der Waals surface area contributed by atoms with Gasteiger partial charge in [0.1, 0.15) is 0 Å². The Kier molecular flexibility index (Phi) is 6.10. The van der Waals surface area contributed by atoms with E-state index in [0.717, 1.165) is 5.69 Å². The number of hydrogen-bond acceptors (Lipinski definition) is 3. The molecule has 25 heavy (non-hydrogen) atoms. The van der Waals surface area contributed by atoms with Crippen LogP contribution in [0.25, 0.3) is 0 Å². The van der Waals surface area contributed by atoms with Crippen LogP contribution in [0.5, 0.6) is 0 Å². The molecule has 132 valence electrons. The molecule has 3 heteroatoms. The Hall–Kier alpha value is -2.29. The van der Waals surface area contributed by atoms with Gasteiger partial charge in [-0.1, -0.05) is 49.6 Å². The van der Waals surface area contributed by atoms with Crippen molar-refractivity contribution < 1.29 is 9.53 Å². The lowest BCUT2D eigenvalue weighted by atomic mass is 9.81. The molecule has 1 N–H and O–H groups in total. The van der Waals surface area contributed by atoms with Gasteiger partial charge in [-0.15, -0.1) is 0 Å². The number of nitrogens with one attached hydrogen (secondary N) is 1. The molecule has 0 bridgehead atoms. The monoisotopic (exact) mass is 337 g/mol. The van der Waals surface area contributed by atoms with Crippen LogP contribution in [0.2, 0.25) is 0 Å². The molecule has 0 saturated heterocycles. The first-order valence-electron chi connectivity index (χ1n) is 9.36. The van der Waals surface area contributed by atoms with E-state index in [-0.39, 0.29) is 5.97 Å². The fraction of sp³-hybridized carbons (Fsp3) is 0.409. The number of anilines is 1. The third-order valence-electron chi connectivity index (χ3n) is 5.00. The van der Waals surface area contributed by atoms with Crippen LogP contribution in [0.1, 0.15) is 61.0 Å². The Morgan fingerprint density at radius 3 is 2.36 bits per heavy atom. The molecule has 1 saturated carbocycles. The maximum Gasteiger partial charge on any atom is 0.338 e. The van der Waals surface area contributed by atoms with Gasteiger partial charge in [0.2, 0.25) is 0 Å². The smallest absolute Gasteiger partial charge is 0.338 e. The van der Waals surface area contributed by atoms with Gasteiger partial charge in [-0.25, -0.2) is 4.79 Å². The summed E-state index contributed by atoms with van der Waals surface area (Å²) in [5.74, 6) is 0.391. The molecule has 0 aromatic heterocycles. The standard InChI is InChI=1S/C22H27NO2/c1-2-25-22(24)19-13-15-20(16-14-19)23-21(17-9-5-3-6-10-17)18-11-7-4-8-12-18/h3,5-6,9-10,13-16,18,21,23H,2,4,7-8,11-12H2,1H3. The SMILES string of the molecule is CCOC(=O)c1ccc(NC(c2ccccc2)C2CCCCC2)cc1. The second-order valence-corrected chi connectivity index (χ2v) is 6.73. The Labute approximate surface area is 150 Å². The molecule has 0 heterocycles. The summed E-state index contributed by atoms with van der Waals surface area (Å²) in [4.78, 5) is 11.8. The van der Waals surface area contributed by atoms with Crippen LogP contribution < -0.4 is 5.32 Å². The van der Waals surface area contributed by atoms with Gasteiger partial charge in [-0.2, -0.15) is 0 Å². The molecule has 2 aromatic carbocycles. The zero-order valence-corrected chi connectivity index (χ0v) is 14.9. The van der Waals surface area contributed by atoms with E-state index < -0.39 is 0 Å². The molecule has 3 rings (SSSR count). The highest BCUT2D eigenvalue weighted by atomic mass is 16.5. The third-order valence-corrected chi connectivity index (χ3v) is 5.00. The van der Waals surface area contributed by atoms with Crippen molar-refractivity contribution in [3.63, 3.8) is 0 Å². The minimum atomic E-state index is -0.263. The molecule has 0 radical (unpaired) electrons. The first-order chi connectivity index (χ1) is 12.3. The first kappa shape index (κ1) is 17.5. The Morgan fingerprint density at radius 1 is 1.04 bits per heavy atom. The normalized spacial score (nSPS) is 16.2. The highest BCUT2D eigenvalue weighted by molar-refractivity contribution is 5.89. The highest BCUT2D eigenvalue weighted by Crippen LogP contribution is 2.36. The van der Waals surface area contributed by atoms with Crippen molar-refractivity contribution in [3.8, 4) is 0 Å². The van der Waals surface area contributed by atoms with Crippen molar-refractivity contribution >= 4 is 11.7 Å². The molecule has 2 aromatic rings. The van der Waals surface area contributed by atoms with E-state index in [2.05, 4.69) is 35.6 Å². The number of carbonyl (C=O) groups is 1. The molecule has 1 fully saturated rings. The van der Waals surface area contributed by atoms with Crippen LogP contribution in [0.3, 0.4) is 0 Å². The van der Waals surface area contributed by atoms with Crippen LogP contribution in [0.4, 0.5) is 5.69 Å². The number of carbonyl (C=O) groups excluding carboxylic acids is 1. The number of benzene rings is 2. The summed E-state index contributed by atoms with van der Waals surface area (Å²) in [5, 5.41) is 3.71. The van der Waals surface area contributed by atoms with E-state index in [1.807, 2.05) is 31.2 Å². The number of esters is 1. The summed E-state index contributed by atoms with van der Waals surface area (Å²) >= 11 is 0. The lowest BCUT2D eigenvalue weighted by Gasteiger charge is -2.32. The van der Waals surface area contributed by atoms with Gasteiger partial charge in [0.15, 0.2) is 0 Å². The van der Waals surface area contributed by atoms with Gasteiger partial charge in [-0.05, 0) is 55.5 Å². The second-order valence-electron chi connectivity index (χ2n) is 6.73. The van der Waals surface area contributed by atoms with E-state index in [9.17, 15) is 4.79 Å². The van der Waals surface area contributed by atoms with Gasteiger partial charge in [-0.3, -0.25) is 0 Å². The first-order valence-corrected chi connectivity index (χ1v) is 9.36. The average Bonchev–Trinajstić information content (AvgIpc) is 2.68. The van der Waals surface area contributed by atoms with Crippen molar-refractivity contribution in [2.45, 2.75) is 45.1 Å². The van der Waals surface area contributed by atoms with Crippen molar-refractivity contribution in [1.29, 1.82) is 0 Å². The van der Waals surface area contributed by atoms with Gasteiger partial charge in [0.05, 0.1) is 18.2 Å². The lowest BCUT2D eigenvalue weighted by molar-refractivity contribution is 0.0526. The Morgan fingerprint density at radius 2 is 1.72 bits per heavy atom. The second kappa shape index (κ2) is 8.70. The van der Waals surface area contributed by atoms with Crippen molar-refractivity contribution in [1.82, 2.24) is 0 Å². The summed E-state index contributed by atoms with van der Waals surface area (Å²) in [6.45, 7) is 2.22. The average molecular weight is 337 g/mol. The third kappa shape index (κ3) is 4.62. The molecule has 1 unspecified atom stereocenters. The van der Waals surface area contributed by atoms with Gasteiger partial charge in [0, 0.05) is 5.69 Å². The lowest BCUT2D eigenvalue weighted by Crippen LogP contribution is -2.23. The predicted octanol–water partition coefficient (Wildman–Crippen LogP) is 5.60. The summed E-state index contributed by atoms with van der Waals surface area (Å²) in [7, 11) is 0. The quantitative estimate of drug-likeness (QED) is 0.698. The molecule has 1 atom stereocenters. The Bertz CT molecular complexity index is 660. The van der Waals surface area contributed by atoms with Crippen molar-refractivity contribution in [3.05, 3.63) is 65.7 Å². The highest BCUT2D eigenvalue weighted by Gasteiger charge is 2.25. The van der Waals surface area contributed by atoms with Crippen molar-refractivity contribution in [2.24, 2.45) is 5.92 Å². The van der Waals surface area contributed by atoms with E-state index in [1.54, 1.807) is 0 Å². The Balaban J connectivity index is 1.76. The van der Waals surface area contributed by atoms with E-state index in [4.69, 9.17) is 4.74 Å². The summed E-state index contributed by atoms with van der Waals surface area (Å²) < 4.78 is 5.05. The minimum absolute atomic E-state index is 0.263. The maximum absolute atomic E-state index is 11.8. The summed E-state index contributed by atoms with van der Waals surface area (Å²) in [6, 6.07) is 18.6. The molecule has 0 aliphatic heterocycles. The van der Waals surface area contributed by atoms with Crippen LogP contribution >= 0.6 is 0 Å². The van der Waals surface area contributed by atoms with Crippen molar-refractivity contribution in [2.75, 3.05) is 11.9 Å². The van der Waals surface area contributed by atoms with Crippen LogP contribution in [-0.2, 0) is 4.74 Å². The molecule has 0 amide bonds. The van der Waals surface area contributed by atoms with Gasteiger partial charge >= 0.3 is 5.97 Å².